The third kappa shape index (κ3) is 1.97. The zero-order chi connectivity index (χ0) is 12.6. The molecule has 0 saturated heterocycles. The van der Waals surface area contributed by atoms with Gasteiger partial charge in [-0.1, -0.05) is 19.0 Å². The highest BCUT2D eigenvalue weighted by Crippen LogP contribution is 2.57. The topological polar surface area (TPSA) is 76.0 Å². The second-order valence-corrected chi connectivity index (χ2v) is 5.11. The number of rotatable bonds is 4. The van der Waals surface area contributed by atoms with E-state index in [1.165, 1.54) is 6.21 Å². The van der Waals surface area contributed by atoms with Crippen molar-refractivity contribution in [3.63, 3.8) is 0 Å². The number of nitrogens with zero attached hydrogens (tertiary/aromatic N) is 1. The molecule has 2 bridgehead atoms. The molecule has 0 heterocycles. The van der Waals surface area contributed by atoms with Crippen LogP contribution in [0.25, 0.3) is 0 Å². The number of ketones is 1. The Labute approximate surface area is 99.1 Å². The Bertz CT molecular complexity index is 422. The predicted molar refractivity (Wildman–Crippen MR) is 60.5 cm³/mol. The fraction of sp³-hybridized carbons (Fsp3) is 0.583. The molecule has 92 valence electrons. The van der Waals surface area contributed by atoms with Crippen LogP contribution in [0, 0.1) is 17.3 Å². The lowest BCUT2D eigenvalue weighted by Gasteiger charge is -2.54. The molecular formula is C12H15NO4. The number of oxime groups is 1. The van der Waals surface area contributed by atoms with Gasteiger partial charge in [0.05, 0.1) is 6.21 Å². The van der Waals surface area contributed by atoms with Crippen LogP contribution in [-0.2, 0) is 14.4 Å². The van der Waals surface area contributed by atoms with Crippen LogP contribution in [0.15, 0.2) is 16.8 Å². The van der Waals surface area contributed by atoms with E-state index in [0.717, 1.165) is 12.0 Å². The summed E-state index contributed by atoms with van der Waals surface area (Å²) in [6, 6.07) is 0. The van der Waals surface area contributed by atoms with Crippen LogP contribution in [0.3, 0.4) is 0 Å². The first kappa shape index (κ1) is 11.8. The van der Waals surface area contributed by atoms with E-state index in [9.17, 15) is 9.59 Å². The first-order chi connectivity index (χ1) is 7.93. The average Bonchev–Trinajstić information content (AvgIpc) is 2.22. The summed E-state index contributed by atoms with van der Waals surface area (Å²) in [4.78, 5) is 26.5. The minimum Gasteiger partial charge on any atom is -0.479 e. The van der Waals surface area contributed by atoms with E-state index in [4.69, 9.17) is 5.11 Å². The second-order valence-electron chi connectivity index (χ2n) is 5.11. The molecule has 0 aromatic heterocycles. The average molecular weight is 237 g/mol. The maximum absolute atomic E-state index is 11.7. The summed E-state index contributed by atoms with van der Waals surface area (Å²) in [6.45, 7) is 3.68. The first-order valence-corrected chi connectivity index (χ1v) is 5.55. The number of hydrogen-bond donors (Lipinski definition) is 1. The van der Waals surface area contributed by atoms with E-state index in [-0.39, 0.29) is 17.1 Å². The van der Waals surface area contributed by atoms with Crippen molar-refractivity contribution in [2.75, 3.05) is 6.61 Å². The molecule has 5 nitrogen and oxygen atoms in total. The van der Waals surface area contributed by atoms with Gasteiger partial charge in [-0.25, -0.2) is 4.79 Å². The van der Waals surface area contributed by atoms with Crippen LogP contribution in [0.5, 0.6) is 0 Å². The van der Waals surface area contributed by atoms with Gasteiger partial charge in [-0.05, 0) is 29.4 Å². The fourth-order valence-corrected chi connectivity index (χ4v) is 2.66. The highest BCUT2D eigenvalue weighted by Gasteiger charge is 2.54. The zero-order valence-corrected chi connectivity index (χ0v) is 9.84. The number of aliphatic carboxylic acids is 1. The van der Waals surface area contributed by atoms with Crippen molar-refractivity contribution in [1.82, 2.24) is 0 Å². The van der Waals surface area contributed by atoms with E-state index in [1.807, 2.05) is 0 Å². The van der Waals surface area contributed by atoms with Crippen molar-refractivity contribution in [3.8, 4) is 0 Å². The minimum atomic E-state index is -1.07. The molecule has 0 amide bonds. The number of fused-ring (bicyclic) bond motifs is 1. The molecule has 5 heteroatoms. The predicted octanol–water partition coefficient (Wildman–Crippen LogP) is 1.24. The summed E-state index contributed by atoms with van der Waals surface area (Å²) < 4.78 is 0. The third-order valence-electron chi connectivity index (χ3n) is 3.79. The van der Waals surface area contributed by atoms with Crippen molar-refractivity contribution in [2.24, 2.45) is 22.4 Å². The first-order valence-electron chi connectivity index (χ1n) is 5.55. The number of allylic oxidation sites excluding steroid dienone is 2. The Morgan fingerprint density at radius 2 is 2.35 bits per heavy atom. The number of carbonyl (C=O) groups excluding carboxylic acids is 1. The molecule has 1 saturated carbocycles. The van der Waals surface area contributed by atoms with Gasteiger partial charge in [0.25, 0.3) is 0 Å². The maximum Gasteiger partial charge on any atom is 0.344 e. The smallest absolute Gasteiger partial charge is 0.344 e. The quantitative estimate of drug-likeness (QED) is 0.589. The van der Waals surface area contributed by atoms with Gasteiger partial charge in [0.2, 0.25) is 6.61 Å². The van der Waals surface area contributed by atoms with Gasteiger partial charge in [-0.2, -0.15) is 0 Å². The molecule has 17 heavy (non-hydrogen) atoms. The van der Waals surface area contributed by atoms with Gasteiger partial charge >= 0.3 is 5.97 Å². The Morgan fingerprint density at radius 3 is 2.88 bits per heavy atom. The second kappa shape index (κ2) is 3.98. The standard InChI is InChI=1S/C12H15NO4/c1-12(2)8-4-9(12)10(14)3-7(8)5-13-17-6-11(15)16/h3,5,8-9H,4,6H2,1-2H3,(H,15,16)/b13-5+/t8-,9-/m1/s1. The van der Waals surface area contributed by atoms with E-state index in [1.54, 1.807) is 6.08 Å². The number of carboxylic acids is 1. The van der Waals surface area contributed by atoms with E-state index >= 15 is 0 Å². The van der Waals surface area contributed by atoms with Gasteiger partial charge < -0.3 is 9.94 Å². The maximum atomic E-state index is 11.7. The van der Waals surface area contributed by atoms with Gasteiger partial charge in [0, 0.05) is 5.92 Å². The lowest BCUT2D eigenvalue weighted by atomic mass is 9.48. The molecule has 0 spiro atoms. The van der Waals surface area contributed by atoms with Crippen LogP contribution in [0.2, 0.25) is 0 Å². The van der Waals surface area contributed by atoms with Crippen LogP contribution >= 0.6 is 0 Å². The van der Waals surface area contributed by atoms with E-state index in [0.29, 0.717) is 5.92 Å². The molecule has 1 fully saturated rings. The summed E-state index contributed by atoms with van der Waals surface area (Å²) in [5.74, 6) is -0.482. The lowest BCUT2D eigenvalue weighted by molar-refractivity contribution is -0.142. The van der Waals surface area contributed by atoms with Gasteiger partial charge in [-0.15, -0.1) is 0 Å². The van der Waals surface area contributed by atoms with Crippen LogP contribution in [-0.4, -0.2) is 29.7 Å². The minimum absolute atomic E-state index is 0.0139. The molecule has 0 unspecified atom stereocenters. The number of hydrogen-bond acceptors (Lipinski definition) is 4. The van der Waals surface area contributed by atoms with Crippen molar-refractivity contribution in [2.45, 2.75) is 20.3 Å². The summed E-state index contributed by atoms with van der Waals surface area (Å²) in [6.07, 6.45) is 3.92. The number of carboxylic acid groups (broad SMARTS) is 1. The summed E-state index contributed by atoms with van der Waals surface area (Å²) in [7, 11) is 0. The molecule has 2 atom stereocenters. The highest BCUT2D eigenvalue weighted by atomic mass is 16.6. The fourth-order valence-electron chi connectivity index (χ4n) is 2.66. The zero-order valence-electron chi connectivity index (χ0n) is 9.84. The Hall–Kier alpha value is -1.65. The van der Waals surface area contributed by atoms with Gasteiger partial charge in [-0.3, -0.25) is 4.79 Å². The molecule has 3 aliphatic carbocycles. The van der Waals surface area contributed by atoms with E-state index < -0.39 is 12.6 Å². The molecule has 1 N–H and O–H groups in total. The molecule has 3 aliphatic rings. The summed E-state index contributed by atoms with van der Waals surface area (Å²) in [5, 5.41) is 12.0. The molecule has 3 rings (SSSR count). The molecular weight excluding hydrogens is 222 g/mol. The Morgan fingerprint density at radius 1 is 1.65 bits per heavy atom. The monoisotopic (exact) mass is 237 g/mol. The van der Waals surface area contributed by atoms with Gasteiger partial charge in [0.1, 0.15) is 0 Å². The van der Waals surface area contributed by atoms with Crippen LogP contribution < -0.4 is 0 Å². The van der Waals surface area contributed by atoms with E-state index in [2.05, 4.69) is 23.8 Å². The number of carbonyl (C=O) groups is 2. The lowest BCUT2D eigenvalue weighted by Crippen LogP contribution is -2.52. The highest BCUT2D eigenvalue weighted by molar-refractivity contribution is 6.01. The molecule has 0 radical (unpaired) electrons. The van der Waals surface area contributed by atoms with Gasteiger partial charge in [0.15, 0.2) is 5.78 Å². The van der Waals surface area contributed by atoms with Crippen molar-refractivity contribution in [1.29, 1.82) is 0 Å². The Kier molecular flexibility index (Phi) is 2.77. The largest absolute Gasteiger partial charge is 0.479 e. The SMILES string of the molecule is CC1(C)[C@@H]2C[C@@H]1C(/C=N/OCC(=O)O)=CC2=O. The van der Waals surface area contributed by atoms with Crippen molar-refractivity contribution < 1.29 is 19.5 Å². The summed E-state index contributed by atoms with van der Waals surface area (Å²) in [5.41, 5.74) is 0.827. The third-order valence-corrected chi connectivity index (χ3v) is 3.79. The summed E-state index contributed by atoms with van der Waals surface area (Å²) >= 11 is 0. The van der Waals surface area contributed by atoms with Crippen molar-refractivity contribution >= 4 is 18.0 Å². The normalized spacial score (nSPS) is 29.8. The van der Waals surface area contributed by atoms with Crippen molar-refractivity contribution in [3.05, 3.63) is 11.6 Å². The molecule has 0 aliphatic heterocycles. The van der Waals surface area contributed by atoms with Crippen LogP contribution in [0.1, 0.15) is 20.3 Å². The van der Waals surface area contributed by atoms with Crippen LogP contribution in [0.4, 0.5) is 0 Å². The molecule has 0 aromatic carbocycles. The Balaban J connectivity index is 2.02. The molecule has 0 aromatic rings.